The summed E-state index contributed by atoms with van der Waals surface area (Å²) in [5, 5.41) is 18.7. The molecular formula is C13H29NO4. The fourth-order valence-corrected chi connectivity index (χ4v) is 1.64. The predicted molar refractivity (Wildman–Crippen MR) is 71.7 cm³/mol. The van der Waals surface area contributed by atoms with Crippen molar-refractivity contribution in [1.82, 2.24) is 4.90 Å². The van der Waals surface area contributed by atoms with E-state index in [9.17, 15) is 10.2 Å². The van der Waals surface area contributed by atoms with E-state index >= 15 is 0 Å². The van der Waals surface area contributed by atoms with E-state index in [1.54, 1.807) is 0 Å². The van der Waals surface area contributed by atoms with Gasteiger partial charge in [-0.2, -0.15) is 0 Å². The van der Waals surface area contributed by atoms with Gasteiger partial charge in [-0.25, -0.2) is 0 Å². The molecule has 0 aliphatic rings. The van der Waals surface area contributed by atoms with Gasteiger partial charge in [0.2, 0.25) is 0 Å². The molecule has 0 bridgehead atoms. The van der Waals surface area contributed by atoms with E-state index in [1.165, 1.54) is 0 Å². The first-order valence-electron chi connectivity index (χ1n) is 6.71. The highest BCUT2D eigenvalue weighted by molar-refractivity contribution is 4.77. The second-order valence-electron chi connectivity index (χ2n) is 4.80. The molecule has 5 nitrogen and oxygen atoms in total. The van der Waals surface area contributed by atoms with E-state index in [1.807, 2.05) is 20.8 Å². The average Bonchev–Trinajstić information content (AvgIpc) is 2.39. The van der Waals surface area contributed by atoms with Gasteiger partial charge in [-0.05, 0) is 13.8 Å². The number of nitrogens with zero attached hydrogens (tertiary/aromatic N) is 1. The Kier molecular flexibility index (Phi) is 10.6. The van der Waals surface area contributed by atoms with Crippen molar-refractivity contribution in [2.75, 3.05) is 59.3 Å². The minimum absolute atomic E-state index is 0.0245. The van der Waals surface area contributed by atoms with Crippen molar-refractivity contribution in [3.63, 3.8) is 0 Å². The van der Waals surface area contributed by atoms with E-state index in [4.69, 9.17) is 9.47 Å². The second kappa shape index (κ2) is 10.7. The Labute approximate surface area is 111 Å². The number of hydrogen-bond acceptors (Lipinski definition) is 5. The van der Waals surface area contributed by atoms with Crippen LogP contribution in [0.5, 0.6) is 0 Å². The highest BCUT2D eigenvalue weighted by Crippen LogP contribution is 2.16. The van der Waals surface area contributed by atoms with Gasteiger partial charge in [0, 0.05) is 38.3 Å². The molecule has 0 aliphatic carbocycles. The van der Waals surface area contributed by atoms with Crippen LogP contribution in [0.25, 0.3) is 0 Å². The van der Waals surface area contributed by atoms with Crippen molar-refractivity contribution in [1.29, 1.82) is 0 Å². The number of hydrogen-bond donors (Lipinski definition) is 2. The van der Waals surface area contributed by atoms with Crippen LogP contribution >= 0.6 is 0 Å². The third-order valence-electron chi connectivity index (χ3n) is 2.88. The molecule has 0 atom stereocenters. The quantitative estimate of drug-likeness (QED) is 0.498. The molecular weight excluding hydrogens is 234 g/mol. The summed E-state index contributed by atoms with van der Waals surface area (Å²) >= 11 is 0. The molecule has 2 N–H and O–H groups in total. The molecule has 110 valence electrons. The fourth-order valence-electron chi connectivity index (χ4n) is 1.64. The maximum atomic E-state index is 9.33. The van der Waals surface area contributed by atoms with Gasteiger partial charge >= 0.3 is 0 Å². The topological polar surface area (TPSA) is 62.2 Å². The highest BCUT2D eigenvalue weighted by atomic mass is 16.5. The number of aliphatic hydroxyl groups is 2. The third kappa shape index (κ3) is 8.00. The van der Waals surface area contributed by atoms with Crippen molar-refractivity contribution >= 4 is 0 Å². The third-order valence-corrected chi connectivity index (χ3v) is 2.88. The lowest BCUT2D eigenvalue weighted by Crippen LogP contribution is -2.43. The van der Waals surface area contributed by atoms with Gasteiger partial charge in [0.25, 0.3) is 0 Å². The molecule has 0 radical (unpaired) electrons. The summed E-state index contributed by atoms with van der Waals surface area (Å²) in [7, 11) is 0. The highest BCUT2D eigenvalue weighted by Gasteiger charge is 2.25. The van der Waals surface area contributed by atoms with Crippen LogP contribution in [0, 0.1) is 5.41 Å². The van der Waals surface area contributed by atoms with E-state index < -0.39 is 5.41 Å². The molecule has 0 aromatic rings. The van der Waals surface area contributed by atoms with E-state index in [2.05, 4.69) is 4.90 Å². The average molecular weight is 263 g/mol. The lowest BCUT2D eigenvalue weighted by atomic mass is 9.92. The van der Waals surface area contributed by atoms with Crippen LogP contribution < -0.4 is 0 Å². The van der Waals surface area contributed by atoms with Gasteiger partial charge in [0.1, 0.15) is 0 Å². The Hall–Kier alpha value is -0.200. The summed E-state index contributed by atoms with van der Waals surface area (Å²) in [4.78, 5) is 2.16. The Morgan fingerprint density at radius 1 is 0.944 bits per heavy atom. The lowest BCUT2D eigenvalue weighted by Gasteiger charge is -2.32. The molecule has 0 saturated heterocycles. The molecule has 0 unspecified atom stereocenters. The van der Waals surface area contributed by atoms with Gasteiger partial charge in [-0.1, -0.05) is 6.92 Å². The molecule has 0 saturated carbocycles. The number of ether oxygens (including phenoxy) is 2. The predicted octanol–water partition coefficient (Wildman–Crippen LogP) is 0.352. The van der Waals surface area contributed by atoms with Gasteiger partial charge < -0.3 is 19.7 Å². The molecule has 0 rings (SSSR count). The zero-order valence-corrected chi connectivity index (χ0v) is 12.0. The SMILES string of the molecule is CCOCCN(CCOCC)CC(C)(CO)CO. The van der Waals surface area contributed by atoms with Crippen molar-refractivity contribution in [2.45, 2.75) is 20.8 Å². The van der Waals surface area contributed by atoms with Gasteiger partial charge in [-0.3, -0.25) is 4.90 Å². The van der Waals surface area contributed by atoms with E-state index in [0.29, 0.717) is 33.0 Å². The van der Waals surface area contributed by atoms with Crippen LogP contribution in [0.2, 0.25) is 0 Å². The first kappa shape index (κ1) is 17.8. The number of aliphatic hydroxyl groups excluding tert-OH is 2. The second-order valence-corrected chi connectivity index (χ2v) is 4.80. The molecule has 0 amide bonds. The smallest absolute Gasteiger partial charge is 0.0593 e. The zero-order chi connectivity index (χ0) is 13.9. The van der Waals surface area contributed by atoms with Crippen molar-refractivity contribution in [2.24, 2.45) is 5.41 Å². The molecule has 18 heavy (non-hydrogen) atoms. The van der Waals surface area contributed by atoms with Crippen LogP contribution in [-0.2, 0) is 9.47 Å². The summed E-state index contributed by atoms with van der Waals surface area (Å²) in [5.74, 6) is 0. The first-order chi connectivity index (χ1) is 8.61. The Morgan fingerprint density at radius 3 is 1.72 bits per heavy atom. The van der Waals surface area contributed by atoms with Crippen LogP contribution in [-0.4, -0.2) is 74.4 Å². The summed E-state index contributed by atoms with van der Waals surface area (Å²) in [5.41, 5.74) is -0.474. The normalized spacial score (nSPS) is 12.3. The molecule has 0 fully saturated rings. The Bertz CT molecular complexity index is 176. The summed E-state index contributed by atoms with van der Waals surface area (Å²) in [6, 6.07) is 0. The summed E-state index contributed by atoms with van der Waals surface area (Å²) in [6.07, 6.45) is 0. The fraction of sp³-hybridized carbons (Fsp3) is 1.00. The first-order valence-corrected chi connectivity index (χ1v) is 6.71. The number of rotatable bonds is 12. The van der Waals surface area contributed by atoms with Crippen LogP contribution in [0.3, 0.4) is 0 Å². The molecule has 0 heterocycles. The van der Waals surface area contributed by atoms with Crippen molar-refractivity contribution in [3.05, 3.63) is 0 Å². The monoisotopic (exact) mass is 263 g/mol. The van der Waals surface area contributed by atoms with Crippen molar-refractivity contribution in [3.8, 4) is 0 Å². The standard InChI is InChI=1S/C13H29NO4/c1-4-17-8-6-14(7-9-18-5-2)10-13(3,11-15)12-16/h15-16H,4-12H2,1-3H3. The molecule has 0 spiro atoms. The molecule has 0 aromatic heterocycles. The van der Waals surface area contributed by atoms with Gasteiger partial charge in [-0.15, -0.1) is 0 Å². The zero-order valence-electron chi connectivity index (χ0n) is 12.0. The van der Waals surface area contributed by atoms with Crippen LogP contribution in [0.4, 0.5) is 0 Å². The van der Waals surface area contributed by atoms with Gasteiger partial charge in [0.15, 0.2) is 0 Å². The van der Waals surface area contributed by atoms with Crippen LogP contribution in [0.15, 0.2) is 0 Å². The summed E-state index contributed by atoms with van der Waals surface area (Å²) < 4.78 is 10.7. The summed E-state index contributed by atoms with van der Waals surface area (Å²) in [6.45, 7) is 10.7. The van der Waals surface area contributed by atoms with E-state index in [-0.39, 0.29) is 13.2 Å². The lowest BCUT2D eigenvalue weighted by molar-refractivity contribution is 0.0138. The maximum Gasteiger partial charge on any atom is 0.0593 e. The molecule has 0 aromatic carbocycles. The van der Waals surface area contributed by atoms with Crippen LogP contribution in [0.1, 0.15) is 20.8 Å². The van der Waals surface area contributed by atoms with E-state index in [0.717, 1.165) is 13.1 Å². The molecule has 0 aliphatic heterocycles. The largest absolute Gasteiger partial charge is 0.396 e. The van der Waals surface area contributed by atoms with Gasteiger partial charge in [0.05, 0.1) is 26.4 Å². The van der Waals surface area contributed by atoms with Crippen molar-refractivity contribution < 1.29 is 19.7 Å². The maximum absolute atomic E-state index is 9.33. The minimum atomic E-state index is -0.474. The molecule has 5 heteroatoms. The minimum Gasteiger partial charge on any atom is -0.396 e. The Balaban J connectivity index is 4.16. The Morgan fingerprint density at radius 2 is 1.39 bits per heavy atom.